The molecule has 1 fully saturated rings. The van der Waals surface area contributed by atoms with Crippen molar-refractivity contribution in [1.29, 1.82) is 0 Å². The third-order valence-corrected chi connectivity index (χ3v) is 14.9. The van der Waals surface area contributed by atoms with Crippen molar-refractivity contribution in [3.63, 3.8) is 0 Å². The van der Waals surface area contributed by atoms with Crippen molar-refractivity contribution in [3.8, 4) is 0 Å². The van der Waals surface area contributed by atoms with Crippen LogP contribution >= 0.6 is 0 Å². The van der Waals surface area contributed by atoms with Gasteiger partial charge in [-0.3, -0.25) is 83.1 Å². The molecule has 13 amide bonds. The molecule has 1 aliphatic rings. The molecule has 43 nitrogen and oxygen atoms in total. The highest BCUT2D eigenvalue weighted by atomic mass is 16.4. The number of aliphatic hydroxyl groups is 3. The fourth-order valence-electron chi connectivity index (χ4n) is 9.60. The molecule has 0 aromatic carbocycles. The van der Waals surface area contributed by atoms with Crippen LogP contribution in [0.2, 0.25) is 0 Å². The van der Waals surface area contributed by atoms with Gasteiger partial charge in [-0.05, 0) is 97.2 Å². The van der Waals surface area contributed by atoms with Gasteiger partial charge in [-0.15, -0.1) is 0 Å². The van der Waals surface area contributed by atoms with E-state index in [4.69, 9.17) is 51.6 Å². The second-order valence-corrected chi connectivity index (χ2v) is 23.9. The van der Waals surface area contributed by atoms with Gasteiger partial charge in [-0.2, -0.15) is 0 Å². The Hall–Kier alpha value is -8.47. The predicted molar refractivity (Wildman–Crippen MR) is 342 cm³/mol. The lowest BCUT2D eigenvalue weighted by Crippen LogP contribution is -2.94. The van der Waals surface area contributed by atoms with Crippen molar-refractivity contribution in [1.82, 2.24) is 69.1 Å². The van der Waals surface area contributed by atoms with Crippen molar-refractivity contribution in [2.45, 2.75) is 228 Å². The summed E-state index contributed by atoms with van der Waals surface area (Å²) in [4.78, 5) is 200. The van der Waals surface area contributed by atoms with Gasteiger partial charge in [0.2, 0.25) is 70.9 Å². The van der Waals surface area contributed by atoms with Crippen LogP contribution in [0.3, 0.4) is 0 Å². The number of primary amides is 3. The smallest absolute Gasteiger partial charge is 0.326 e. The Kier molecular flexibility index (Phi) is 40.4. The molecule has 98 heavy (non-hydrogen) atoms. The Labute approximate surface area is 564 Å². The number of carbonyl (C=O) groups is 15. The zero-order chi connectivity index (χ0) is 74.7. The van der Waals surface area contributed by atoms with E-state index in [2.05, 4.69) is 69.1 Å². The second-order valence-electron chi connectivity index (χ2n) is 23.9. The van der Waals surface area contributed by atoms with Gasteiger partial charge in [-0.1, -0.05) is 13.8 Å². The Morgan fingerprint density at radius 1 is 0.398 bits per heavy atom. The fourth-order valence-corrected chi connectivity index (χ4v) is 9.60. The van der Waals surface area contributed by atoms with E-state index in [0.717, 1.165) is 13.8 Å². The summed E-state index contributed by atoms with van der Waals surface area (Å²) in [5.41, 5.74) is 49.9. The molecular formula is C55H104N23O20+. The number of quaternary nitrogens is 1. The number of carboxylic acid groups (broad SMARTS) is 2. The Morgan fingerprint density at radius 3 is 1.00 bits per heavy atom. The molecule has 1 rings (SSSR count). The van der Waals surface area contributed by atoms with Crippen LogP contribution in [0.5, 0.6) is 0 Å². The van der Waals surface area contributed by atoms with Gasteiger partial charge in [0.1, 0.15) is 79.3 Å². The normalized spacial score (nSPS) is 17.4. The molecule has 558 valence electrons. The van der Waals surface area contributed by atoms with Gasteiger partial charge < -0.3 is 136 Å². The summed E-state index contributed by atoms with van der Waals surface area (Å²) in [6, 6.07) is -18.4. The monoisotopic (exact) mass is 1410 g/mol. The predicted octanol–water partition coefficient (Wildman–Crippen LogP) is -14.6. The number of rotatable bonds is 50. The maximum atomic E-state index is 14.5. The Morgan fingerprint density at radius 2 is 0.704 bits per heavy atom. The first-order valence-electron chi connectivity index (χ1n) is 31.7. The quantitative estimate of drug-likeness (QED) is 0.0199. The molecule has 14 atom stereocenters. The van der Waals surface area contributed by atoms with Crippen LogP contribution in [0, 0.1) is 5.92 Å². The molecule has 0 saturated carbocycles. The first-order valence-corrected chi connectivity index (χ1v) is 31.7. The maximum Gasteiger partial charge on any atom is 0.326 e. The highest BCUT2D eigenvalue weighted by Gasteiger charge is 2.40. The lowest BCUT2D eigenvalue weighted by molar-refractivity contribution is -0.722. The van der Waals surface area contributed by atoms with E-state index in [-0.39, 0.29) is 71.0 Å². The fraction of sp³-hybridized carbons (Fsp3) is 0.727. The summed E-state index contributed by atoms with van der Waals surface area (Å²) >= 11 is 0. The number of hydrogen-bond acceptors (Lipinski definition) is 27. The third-order valence-electron chi connectivity index (χ3n) is 14.9. The molecule has 1 aliphatic heterocycles. The molecule has 0 aliphatic carbocycles. The number of aliphatic carboxylic acids is 2. The average molecular weight is 1410 g/mol. The number of hydrogen-bond donors (Lipinski definition) is 28. The van der Waals surface area contributed by atoms with Gasteiger partial charge in [0.05, 0.1) is 18.6 Å². The van der Waals surface area contributed by atoms with Gasteiger partial charge in [0.25, 0.3) is 5.91 Å². The van der Waals surface area contributed by atoms with Gasteiger partial charge in [0, 0.05) is 32.1 Å². The molecule has 1 heterocycles. The van der Waals surface area contributed by atoms with Crippen molar-refractivity contribution in [2.24, 2.45) is 57.5 Å². The zero-order valence-corrected chi connectivity index (χ0v) is 55.3. The summed E-state index contributed by atoms with van der Waals surface area (Å²) in [6.45, 7) is 5.23. The van der Waals surface area contributed by atoms with Crippen molar-refractivity contribution < 1.29 is 103 Å². The van der Waals surface area contributed by atoms with Crippen LogP contribution in [0.1, 0.15) is 124 Å². The number of carboxylic acids is 2. The molecular weight excluding hydrogens is 1300 g/mol. The molecule has 0 aromatic rings. The van der Waals surface area contributed by atoms with E-state index < -0.39 is 243 Å². The summed E-state index contributed by atoms with van der Waals surface area (Å²) in [5, 5.41) is 83.6. The SMILES string of the molecule is CC(C)[C@H](NC(=O)[C@H](CCC(N)=O)NC(=O)[C@@H](NC(=O)[C@H](CCC(=O)O)NC(=O)[C@H](CC(N)=O)NC(=O)[C@H](CCCNC(N)N)NC(=O)[C@H](CCC(N)=O)NC(=O)[C@H](CCCNC(N)N)NC(=O)[C@@H](NC(=O)[C@H](CCCNC(N)N)NC(=O)[C@@H]1CC[C@H](O)[NH2+]1)[C@@H](C)O)[C@@H](C)O)C(=O)O. The number of amides is 13. The van der Waals surface area contributed by atoms with Gasteiger partial charge >= 0.3 is 11.9 Å². The highest BCUT2D eigenvalue weighted by molar-refractivity contribution is 6.00. The topological polar surface area (TPSA) is 764 Å². The second kappa shape index (κ2) is 45.2. The lowest BCUT2D eigenvalue weighted by atomic mass is 10.0. The van der Waals surface area contributed by atoms with Crippen LogP contribution in [0.4, 0.5) is 0 Å². The zero-order valence-electron chi connectivity index (χ0n) is 55.3. The Balaban J connectivity index is 3.75. The van der Waals surface area contributed by atoms with Crippen LogP contribution in [0.15, 0.2) is 0 Å². The van der Waals surface area contributed by atoms with E-state index in [1.807, 2.05) is 0 Å². The van der Waals surface area contributed by atoms with E-state index in [9.17, 15) is 97.5 Å². The molecule has 1 saturated heterocycles. The van der Waals surface area contributed by atoms with Gasteiger partial charge in [-0.25, -0.2) is 4.79 Å². The first-order chi connectivity index (χ1) is 45.7. The number of aliphatic hydroxyl groups excluding tert-OH is 3. The van der Waals surface area contributed by atoms with E-state index in [1.165, 1.54) is 19.2 Å². The molecule has 38 N–H and O–H groups in total. The summed E-state index contributed by atoms with van der Waals surface area (Å²) in [7, 11) is 0. The van der Waals surface area contributed by atoms with E-state index >= 15 is 0 Å². The maximum absolute atomic E-state index is 14.5. The minimum atomic E-state index is -2.07. The van der Waals surface area contributed by atoms with Gasteiger partial charge in [0.15, 0.2) is 12.3 Å². The average Bonchev–Trinajstić information content (AvgIpc) is 1.02. The number of nitrogens with one attached hydrogen (secondary N) is 13. The first kappa shape index (κ1) is 87.5. The standard InChI is InChI=1S/C55H103N23O20/c1-23(2)39(52(97)98)76-47(92)31(12-16-35(57)82)74-51(96)41(25(4)80)78-48(93)32(14-18-38(85)86)72-49(94)33(22-36(58)83)75-43(88)26(8-5-19-65-53(59)60)69-45(90)30(11-15-34(56)81)71-42(87)27(9-6-20-66-54(61)62)73-50(95)40(24(3)79)77-46(91)28(10-7-21-67-55(63)64)70-44(89)29-13-17-37(84)68-29/h23-33,37,39-41,53-55,65-68,79-80,84H,5-22,59-64H2,1-4H3,(H2,56,81)(H2,57,82)(H2,58,83)(H,69,90)(H,70,89)(H,71,87)(H,72,94)(H,73,95)(H,74,96)(H,75,88)(H,76,92)(H,77,91)(H,78,93)(H,85,86)(H,97,98)/p+1/t24-,25-,26+,27+,28+,29+,30+,31+,32+,33+,37+,39+,40+,41+/m1/s1. The minimum absolute atomic E-state index is 0.0161. The molecule has 0 bridgehead atoms. The van der Waals surface area contributed by atoms with E-state index in [0.29, 0.717) is 0 Å². The third kappa shape index (κ3) is 35.2. The van der Waals surface area contributed by atoms with Crippen LogP contribution in [-0.4, -0.2) is 238 Å². The number of carbonyl (C=O) groups excluding carboxylic acids is 13. The highest BCUT2D eigenvalue weighted by Crippen LogP contribution is 2.12. The summed E-state index contributed by atoms with van der Waals surface area (Å²) < 4.78 is 0. The van der Waals surface area contributed by atoms with Crippen molar-refractivity contribution in [2.75, 3.05) is 19.6 Å². The summed E-state index contributed by atoms with van der Waals surface area (Å²) in [6.07, 6.45) is -12.3. The molecule has 0 unspecified atom stereocenters. The molecule has 0 spiro atoms. The molecule has 0 radical (unpaired) electrons. The van der Waals surface area contributed by atoms with Crippen molar-refractivity contribution >= 4 is 88.7 Å². The molecule has 0 aromatic heterocycles. The van der Waals surface area contributed by atoms with Crippen LogP contribution in [0.25, 0.3) is 0 Å². The lowest BCUT2D eigenvalue weighted by Gasteiger charge is -2.29. The Bertz CT molecular complexity index is 2690. The van der Waals surface area contributed by atoms with E-state index in [1.54, 1.807) is 0 Å². The summed E-state index contributed by atoms with van der Waals surface area (Å²) in [5.74, 6) is -18.4. The number of nitrogens with two attached hydrogens (primary N) is 10. The van der Waals surface area contributed by atoms with Crippen LogP contribution in [-0.2, 0) is 71.9 Å². The van der Waals surface area contributed by atoms with Crippen molar-refractivity contribution in [3.05, 3.63) is 0 Å². The minimum Gasteiger partial charge on any atom is -0.481 e. The molecule has 43 heteroatoms. The van der Waals surface area contributed by atoms with Crippen LogP contribution < -0.4 is 126 Å². The largest absolute Gasteiger partial charge is 0.481 e.